The first-order valence-electron chi connectivity index (χ1n) is 13.6. The summed E-state index contributed by atoms with van der Waals surface area (Å²) in [6.45, 7) is 3.14. The summed E-state index contributed by atoms with van der Waals surface area (Å²) < 4.78 is 31.0. The van der Waals surface area contributed by atoms with E-state index in [9.17, 15) is 13.2 Å². The van der Waals surface area contributed by atoms with Crippen LogP contribution in [0.2, 0.25) is 0 Å². The van der Waals surface area contributed by atoms with E-state index in [0.717, 1.165) is 65.8 Å². The zero-order valence-corrected chi connectivity index (χ0v) is 23.8. The SMILES string of the molecule is CN(C)C(=O)c1ccc(C2CCN(Cc3cc4c(-c5ccc6c(c5)CNS(=O)(=O)N6)ccnc4n3C)CC2)cc1. The van der Waals surface area contributed by atoms with Crippen LogP contribution >= 0.6 is 0 Å². The van der Waals surface area contributed by atoms with Gasteiger partial charge in [0.05, 0.1) is 5.69 Å². The van der Waals surface area contributed by atoms with E-state index in [2.05, 4.69) is 49.1 Å². The largest absolute Gasteiger partial charge is 0.345 e. The summed E-state index contributed by atoms with van der Waals surface area (Å²) in [5.41, 5.74) is 7.83. The molecular formula is C30H34N6O3S. The smallest absolute Gasteiger partial charge is 0.299 e. The minimum atomic E-state index is -3.48. The molecule has 1 saturated heterocycles. The van der Waals surface area contributed by atoms with Gasteiger partial charge in [-0.05, 0) is 90.5 Å². The number of fused-ring (bicyclic) bond motifs is 2. The highest BCUT2D eigenvalue weighted by atomic mass is 32.2. The van der Waals surface area contributed by atoms with Crippen molar-refractivity contribution in [2.45, 2.75) is 31.8 Å². The average Bonchev–Trinajstić information content (AvgIpc) is 3.27. The van der Waals surface area contributed by atoms with E-state index in [1.807, 2.05) is 42.6 Å². The van der Waals surface area contributed by atoms with Crippen LogP contribution < -0.4 is 9.44 Å². The van der Waals surface area contributed by atoms with Gasteiger partial charge in [-0.3, -0.25) is 14.4 Å². The van der Waals surface area contributed by atoms with E-state index in [0.29, 0.717) is 11.6 Å². The van der Waals surface area contributed by atoms with Crippen LogP contribution in [-0.2, 0) is 30.3 Å². The quantitative estimate of drug-likeness (QED) is 0.385. The average molecular weight is 559 g/mol. The second-order valence-corrected chi connectivity index (χ2v) is 12.5. The molecule has 0 radical (unpaired) electrons. The van der Waals surface area contributed by atoms with Crippen molar-refractivity contribution in [2.24, 2.45) is 7.05 Å². The predicted molar refractivity (Wildman–Crippen MR) is 157 cm³/mol. The van der Waals surface area contributed by atoms with Crippen LogP contribution in [0.1, 0.15) is 45.9 Å². The molecule has 208 valence electrons. The number of aromatic nitrogens is 2. The molecule has 10 heteroatoms. The minimum Gasteiger partial charge on any atom is -0.345 e. The number of hydrogen-bond acceptors (Lipinski definition) is 5. The molecule has 9 nitrogen and oxygen atoms in total. The number of nitrogens with zero attached hydrogens (tertiary/aromatic N) is 4. The fourth-order valence-corrected chi connectivity index (χ4v) is 6.75. The highest BCUT2D eigenvalue weighted by Crippen LogP contribution is 2.34. The van der Waals surface area contributed by atoms with Crippen LogP contribution in [0.15, 0.2) is 60.8 Å². The van der Waals surface area contributed by atoms with Gasteiger partial charge in [-0.25, -0.2) is 4.98 Å². The molecule has 2 aromatic carbocycles. The van der Waals surface area contributed by atoms with Gasteiger partial charge in [-0.1, -0.05) is 18.2 Å². The molecule has 2 aliphatic rings. The lowest BCUT2D eigenvalue weighted by Gasteiger charge is -2.32. The Bertz CT molecular complexity index is 1690. The topological polar surface area (TPSA) is 99.6 Å². The molecule has 0 spiro atoms. The van der Waals surface area contributed by atoms with Crippen molar-refractivity contribution in [3.8, 4) is 11.1 Å². The number of likely N-dealkylation sites (tertiary alicyclic amines) is 1. The first-order chi connectivity index (χ1) is 19.2. The standard InChI is InChI=1S/C30H34N6O3S/c1-34(2)30(37)22-6-4-20(5-7-22)21-11-14-36(15-12-21)19-25-17-27-26(10-13-31-29(27)35(25)3)23-8-9-28-24(16-23)18-32-40(38,39)33-28/h4-10,13,16-17,21,32-33H,11-12,14-15,18-19H2,1-3H3. The molecule has 1 amide bonds. The lowest BCUT2D eigenvalue weighted by Crippen LogP contribution is -2.34. The molecule has 0 bridgehead atoms. The fourth-order valence-electron chi connectivity index (χ4n) is 5.84. The van der Waals surface area contributed by atoms with Gasteiger partial charge in [0.2, 0.25) is 0 Å². The number of pyridine rings is 1. The summed E-state index contributed by atoms with van der Waals surface area (Å²) in [6, 6.07) is 18.2. The van der Waals surface area contributed by atoms with Crippen molar-refractivity contribution in [3.05, 3.63) is 83.2 Å². The summed E-state index contributed by atoms with van der Waals surface area (Å²) in [4.78, 5) is 21.0. The molecule has 2 N–H and O–H groups in total. The zero-order valence-electron chi connectivity index (χ0n) is 23.0. The first-order valence-corrected chi connectivity index (χ1v) is 15.0. The monoisotopic (exact) mass is 558 g/mol. The van der Waals surface area contributed by atoms with Crippen molar-refractivity contribution < 1.29 is 13.2 Å². The molecule has 0 atom stereocenters. The van der Waals surface area contributed by atoms with Crippen molar-refractivity contribution in [3.63, 3.8) is 0 Å². The van der Waals surface area contributed by atoms with Gasteiger partial charge in [0.15, 0.2) is 0 Å². The van der Waals surface area contributed by atoms with Gasteiger partial charge < -0.3 is 9.47 Å². The number of rotatable bonds is 5. The van der Waals surface area contributed by atoms with Crippen LogP contribution in [0.5, 0.6) is 0 Å². The minimum absolute atomic E-state index is 0.0325. The van der Waals surface area contributed by atoms with Gasteiger partial charge in [0.1, 0.15) is 5.65 Å². The molecule has 4 heterocycles. The van der Waals surface area contributed by atoms with Gasteiger partial charge in [0.25, 0.3) is 16.1 Å². The summed E-state index contributed by atoms with van der Waals surface area (Å²) in [5, 5.41) is 1.09. The molecule has 4 aromatic rings. The van der Waals surface area contributed by atoms with Gasteiger partial charge in [-0.15, -0.1) is 0 Å². The van der Waals surface area contributed by atoms with Crippen molar-refractivity contribution in [1.82, 2.24) is 24.1 Å². The molecule has 6 rings (SSSR count). The first kappa shape index (κ1) is 26.5. The Morgan fingerprint density at radius 2 is 1.80 bits per heavy atom. The molecule has 40 heavy (non-hydrogen) atoms. The Balaban J connectivity index is 1.17. The Kier molecular flexibility index (Phi) is 6.85. The molecule has 0 unspecified atom stereocenters. The van der Waals surface area contributed by atoms with Gasteiger partial charge in [0, 0.05) is 57.1 Å². The number of amides is 1. The van der Waals surface area contributed by atoms with Gasteiger partial charge in [-0.2, -0.15) is 13.1 Å². The number of carbonyl (C=O) groups is 1. The number of carbonyl (C=O) groups excluding carboxylic acids is 1. The summed E-state index contributed by atoms with van der Waals surface area (Å²) in [5.74, 6) is 0.536. The Hall–Kier alpha value is -3.73. The maximum atomic E-state index is 12.2. The van der Waals surface area contributed by atoms with Gasteiger partial charge >= 0.3 is 0 Å². The lowest BCUT2D eigenvalue weighted by atomic mass is 9.89. The summed E-state index contributed by atoms with van der Waals surface area (Å²) in [7, 11) is 2.14. The molecule has 2 aliphatic heterocycles. The van der Waals surface area contributed by atoms with Crippen LogP contribution in [0.3, 0.4) is 0 Å². The number of nitrogens with one attached hydrogen (secondary N) is 2. The highest BCUT2D eigenvalue weighted by molar-refractivity contribution is 7.90. The Labute approximate surface area is 235 Å². The van der Waals surface area contributed by atoms with Crippen LogP contribution in [0, 0.1) is 0 Å². The number of anilines is 1. The van der Waals surface area contributed by atoms with E-state index in [1.54, 1.807) is 19.0 Å². The normalized spacial score (nSPS) is 17.4. The van der Waals surface area contributed by atoms with Crippen molar-refractivity contribution in [2.75, 3.05) is 31.9 Å². The highest BCUT2D eigenvalue weighted by Gasteiger charge is 2.23. The summed E-state index contributed by atoms with van der Waals surface area (Å²) >= 11 is 0. The van der Waals surface area contributed by atoms with Crippen LogP contribution in [0.4, 0.5) is 5.69 Å². The van der Waals surface area contributed by atoms with E-state index in [1.165, 1.54) is 11.3 Å². The van der Waals surface area contributed by atoms with Crippen LogP contribution in [0.25, 0.3) is 22.2 Å². The van der Waals surface area contributed by atoms with E-state index < -0.39 is 10.2 Å². The number of hydrogen-bond donors (Lipinski definition) is 2. The molecule has 1 fully saturated rings. The molecule has 0 saturated carbocycles. The maximum Gasteiger partial charge on any atom is 0.299 e. The van der Waals surface area contributed by atoms with Crippen LogP contribution in [-0.4, -0.2) is 60.9 Å². The maximum absolute atomic E-state index is 12.2. The Morgan fingerprint density at radius 3 is 2.52 bits per heavy atom. The number of benzene rings is 2. The summed E-state index contributed by atoms with van der Waals surface area (Å²) in [6.07, 6.45) is 4.01. The van der Waals surface area contributed by atoms with E-state index in [4.69, 9.17) is 0 Å². The fraction of sp³-hybridized carbons (Fsp3) is 0.333. The third-order valence-electron chi connectivity index (χ3n) is 8.15. The predicted octanol–water partition coefficient (Wildman–Crippen LogP) is 4.08. The number of piperidine rings is 1. The molecule has 0 aliphatic carbocycles. The molecule has 2 aromatic heterocycles. The molecular weight excluding hydrogens is 524 g/mol. The van der Waals surface area contributed by atoms with Crippen molar-refractivity contribution >= 4 is 32.8 Å². The third-order valence-corrected chi connectivity index (χ3v) is 9.16. The van der Waals surface area contributed by atoms with Crippen molar-refractivity contribution in [1.29, 1.82) is 0 Å². The second-order valence-electron chi connectivity index (χ2n) is 11.0. The third kappa shape index (κ3) is 5.10. The lowest BCUT2D eigenvalue weighted by molar-refractivity contribution is 0.0827. The van der Waals surface area contributed by atoms with E-state index in [-0.39, 0.29) is 12.5 Å². The second kappa shape index (κ2) is 10.3. The van der Waals surface area contributed by atoms with E-state index >= 15 is 0 Å². The Morgan fingerprint density at radius 1 is 1.05 bits per heavy atom. The number of aryl methyl sites for hydroxylation is 1. The zero-order chi connectivity index (χ0) is 28.0.